The van der Waals surface area contributed by atoms with Crippen molar-refractivity contribution in [1.29, 1.82) is 0 Å². The van der Waals surface area contributed by atoms with Crippen molar-refractivity contribution in [2.24, 2.45) is 0 Å². The molecule has 3 rings (SSSR count). The summed E-state index contributed by atoms with van der Waals surface area (Å²) in [5, 5.41) is 0.582. The van der Waals surface area contributed by atoms with E-state index in [9.17, 15) is 9.18 Å². The maximum atomic E-state index is 13.1. The topological polar surface area (TPSA) is 32.8 Å². The summed E-state index contributed by atoms with van der Waals surface area (Å²) >= 11 is 11.9. The Hall–Kier alpha value is -1.82. The van der Waals surface area contributed by atoms with Crippen LogP contribution < -0.4 is 4.74 Å². The first-order valence-corrected chi connectivity index (χ1v) is 10.5. The maximum absolute atomic E-state index is 13.1. The Kier molecular flexibility index (Phi) is 7.38. The van der Waals surface area contributed by atoms with E-state index in [4.69, 9.17) is 27.9 Å². The molecule has 0 radical (unpaired) electrons. The van der Waals surface area contributed by atoms with Gasteiger partial charge in [-0.2, -0.15) is 0 Å². The highest BCUT2D eigenvalue weighted by Crippen LogP contribution is 2.25. The first-order chi connectivity index (χ1) is 13.9. The molecule has 2 aromatic carbocycles. The molecule has 1 amide bonds. The minimum Gasteiger partial charge on any atom is -0.483 e. The van der Waals surface area contributed by atoms with Crippen molar-refractivity contribution < 1.29 is 13.9 Å². The van der Waals surface area contributed by atoms with E-state index >= 15 is 0 Å². The second-order valence-corrected chi connectivity index (χ2v) is 8.18. The van der Waals surface area contributed by atoms with Crippen LogP contribution in [0.4, 0.5) is 4.39 Å². The number of amides is 1. The fourth-order valence-corrected chi connectivity index (χ4v) is 4.01. The van der Waals surface area contributed by atoms with E-state index in [2.05, 4.69) is 11.8 Å². The average molecular weight is 439 g/mol. The summed E-state index contributed by atoms with van der Waals surface area (Å²) in [4.78, 5) is 17.0. The summed E-state index contributed by atoms with van der Waals surface area (Å²) in [6.07, 6.45) is 0. The number of carbonyl (C=O) groups excluding carboxylic acids is 1. The van der Waals surface area contributed by atoms with Crippen LogP contribution in [0.15, 0.2) is 42.5 Å². The van der Waals surface area contributed by atoms with Gasteiger partial charge in [0.2, 0.25) is 0 Å². The standard InChI is InChI=1S/C22H25Cl2FN2O2/c1-15-12-27(16(2)11-26(15)13-17-3-6-20(25)7-4-17)22(28)14-29-21-8-5-19(24)9-18(21)10-23/h3-9,15-16H,10-14H2,1-2H3/t15?,16-/m1/s1. The summed E-state index contributed by atoms with van der Waals surface area (Å²) < 4.78 is 18.9. The van der Waals surface area contributed by atoms with Crippen LogP contribution in [0.2, 0.25) is 5.02 Å². The molecule has 4 nitrogen and oxygen atoms in total. The lowest BCUT2D eigenvalue weighted by Gasteiger charge is -2.44. The maximum Gasteiger partial charge on any atom is 0.260 e. The molecule has 7 heteroatoms. The molecule has 1 aliphatic heterocycles. The Morgan fingerprint density at radius 1 is 1.14 bits per heavy atom. The van der Waals surface area contributed by atoms with E-state index in [1.54, 1.807) is 30.3 Å². The van der Waals surface area contributed by atoms with Crippen molar-refractivity contribution in [3.8, 4) is 5.75 Å². The zero-order valence-corrected chi connectivity index (χ0v) is 18.1. The molecule has 0 aliphatic carbocycles. The molecular formula is C22H25Cl2FN2O2. The first-order valence-electron chi connectivity index (χ1n) is 9.62. The molecule has 1 saturated heterocycles. The van der Waals surface area contributed by atoms with Crippen molar-refractivity contribution in [2.75, 3.05) is 19.7 Å². The minimum atomic E-state index is -0.233. The normalized spacial score (nSPS) is 20.0. The van der Waals surface area contributed by atoms with E-state index in [0.29, 0.717) is 17.3 Å². The zero-order chi connectivity index (χ0) is 21.0. The third kappa shape index (κ3) is 5.62. The van der Waals surface area contributed by atoms with Gasteiger partial charge >= 0.3 is 0 Å². The van der Waals surface area contributed by atoms with Crippen molar-refractivity contribution in [3.63, 3.8) is 0 Å². The molecule has 2 aromatic rings. The van der Waals surface area contributed by atoms with Crippen LogP contribution >= 0.6 is 23.2 Å². The molecular weight excluding hydrogens is 414 g/mol. The van der Waals surface area contributed by atoms with Gasteiger partial charge in [0.15, 0.2) is 6.61 Å². The lowest BCUT2D eigenvalue weighted by molar-refractivity contribution is -0.139. The van der Waals surface area contributed by atoms with Gasteiger partial charge in [-0.25, -0.2) is 4.39 Å². The number of ether oxygens (including phenoxy) is 1. The van der Waals surface area contributed by atoms with E-state index in [-0.39, 0.29) is 36.3 Å². The molecule has 1 heterocycles. The smallest absolute Gasteiger partial charge is 0.260 e. The molecule has 1 fully saturated rings. The number of carbonyl (C=O) groups is 1. The minimum absolute atomic E-state index is 0.0411. The third-order valence-electron chi connectivity index (χ3n) is 5.25. The number of nitrogens with zero attached hydrogens (tertiary/aromatic N) is 2. The Balaban J connectivity index is 1.58. The Bertz CT molecular complexity index is 847. The predicted molar refractivity (Wildman–Crippen MR) is 114 cm³/mol. The number of halogens is 3. The van der Waals surface area contributed by atoms with Gasteiger partial charge in [-0.05, 0) is 49.7 Å². The summed E-state index contributed by atoms with van der Waals surface area (Å²) in [5.74, 6) is 0.554. The number of benzene rings is 2. The van der Waals surface area contributed by atoms with Crippen LogP contribution in [0.25, 0.3) is 0 Å². The van der Waals surface area contributed by atoms with Gasteiger partial charge < -0.3 is 9.64 Å². The Labute approximate surface area is 181 Å². The highest BCUT2D eigenvalue weighted by molar-refractivity contribution is 6.30. The van der Waals surface area contributed by atoms with Crippen LogP contribution in [-0.2, 0) is 17.2 Å². The van der Waals surface area contributed by atoms with Gasteiger partial charge in [0, 0.05) is 42.3 Å². The highest BCUT2D eigenvalue weighted by Gasteiger charge is 2.32. The van der Waals surface area contributed by atoms with Crippen LogP contribution in [0.5, 0.6) is 5.75 Å². The second kappa shape index (κ2) is 9.79. The van der Waals surface area contributed by atoms with Gasteiger partial charge in [0.1, 0.15) is 11.6 Å². The lowest BCUT2D eigenvalue weighted by atomic mass is 10.1. The summed E-state index contributed by atoms with van der Waals surface area (Å²) in [7, 11) is 0. The number of piperazine rings is 1. The highest BCUT2D eigenvalue weighted by atomic mass is 35.5. The van der Waals surface area contributed by atoms with Gasteiger partial charge in [0.05, 0.1) is 5.88 Å². The average Bonchev–Trinajstić information content (AvgIpc) is 2.70. The lowest BCUT2D eigenvalue weighted by Crippen LogP contribution is -2.58. The van der Waals surface area contributed by atoms with E-state index in [1.165, 1.54) is 12.1 Å². The monoisotopic (exact) mass is 438 g/mol. The molecule has 0 aromatic heterocycles. The molecule has 1 aliphatic rings. The Morgan fingerprint density at radius 3 is 2.55 bits per heavy atom. The van der Waals surface area contributed by atoms with Crippen molar-refractivity contribution in [3.05, 3.63) is 64.4 Å². The summed E-state index contributed by atoms with van der Waals surface area (Å²) in [6.45, 7) is 6.19. The number of alkyl halides is 1. The van der Waals surface area contributed by atoms with E-state index < -0.39 is 0 Å². The van der Waals surface area contributed by atoms with Gasteiger partial charge in [-0.3, -0.25) is 9.69 Å². The molecule has 0 saturated carbocycles. The Morgan fingerprint density at radius 2 is 1.86 bits per heavy atom. The van der Waals surface area contributed by atoms with Crippen molar-refractivity contribution >= 4 is 29.1 Å². The van der Waals surface area contributed by atoms with Gasteiger partial charge in [-0.15, -0.1) is 11.6 Å². The van der Waals surface area contributed by atoms with Crippen molar-refractivity contribution in [1.82, 2.24) is 9.80 Å². The van der Waals surface area contributed by atoms with Crippen LogP contribution in [0, 0.1) is 5.82 Å². The molecule has 0 spiro atoms. The molecule has 2 atom stereocenters. The van der Waals surface area contributed by atoms with E-state index in [1.807, 2.05) is 11.8 Å². The predicted octanol–water partition coefficient (Wildman–Crippen LogP) is 4.72. The van der Waals surface area contributed by atoms with Gasteiger partial charge in [0.25, 0.3) is 5.91 Å². The van der Waals surface area contributed by atoms with Crippen molar-refractivity contribution in [2.45, 2.75) is 38.4 Å². The third-order valence-corrected chi connectivity index (χ3v) is 5.78. The quantitative estimate of drug-likeness (QED) is 0.611. The summed E-state index contributed by atoms with van der Waals surface area (Å²) in [5.41, 5.74) is 1.82. The number of rotatable bonds is 6. The zero-order valence-electron chi connectivity index (χ0n) is 16.6. The molecule has 1 unspecified atom stereocenters. The molecule has 0 bridgehead atoms. The van der Waals surface area contributed by atoms with Gasteiger partial charge in [-0.1, -0.05) is 23.7 Å². The first kappa shape index (κ1) is 21.9. The fourth-order valence-electron chi connectivity index (χ4n) is 3.61. The largest absolute Gasteiger partial charge is 0.483 e. The molecule has 156 valence electrons. The molecule has 29 heavy (non-hydrogen) atoms. The number of hydrogen-bond donors (Lipinski definition) is 0. The van der Waals surface area contributed by atoms with Crippen LogP contribution in [0.3, 0.4) is 0 Å². The second-order valence-electron chi connectivity index (χ2n) is 7.47. The summed E-state index contributed by atoms with van der Waals surface area (Å²) in [6, 6.07) is 12.0. The van der Waals surface area contributed by atoms with Crippen LogP contribution in [0.1, 0.15) is 25.0 Å². The number of hydrogen-bond acceptors (Lipinski definition) is 3. The fraction of sp³-hybridized carbons (Fsp3) is 0.409. The van der Waals surface area contributed by atoms with Crippen LogP contribution in [-0.4, -0.2) is 47.5 Å². The molecule has 0 N–H and O–H groups in total. The van der Waals surface area contributed by atoms with E-state index in [0.717, 1.165) is 24.2 Å². The SMILES string of the molecule is CC1CN(C(=O)COc2ccc(Cl)cc2CCl)[C@H](C)CN1Cc1ccc(F)cc1.